The van der Waals surface area contributed by atoms with Gasteiger partial charge < -0.3 is 19.7 Å². The highest BCUT2D eigenvalue weighted by atomic mass is 16.7. The Morgan fingerprint density at radius 3 is 2.30 bits per heavy atom. The van der Waals surface area contributed by atoms with Crippen LogP contribution in [-0.2, 0) is 16.8 Å². The van der Waals surface area contributed by atoms with Crippen molar-refractivity contribution in [1.82, 2.24) is 15.1 Å². The molecule has 5 rings (SSSR count). The number of hydrogen-bond donors (Lipinski definition) is 1. The van der Waals surface area contributed by atoms with Crippen molar-refractivity contribution in [2.24, 2.45) is 5.92 Å². The molecule has 2 aromatic carbocycles. The lowest BCUT2D eigenvalue weighted by atomic mass is 9.86. The van der Waals surface area contributed by atoms with E-state index >= 15 is 0 Å². The topological polar surface area (TPSA) is 71.1 Å². The van der Waals surface area contributed by atoms with Gasteiger partial charge in [-0.3, -0.25) is 14.5 Å². The van der Waals surface area contributed by atoms with Crippen LogP contribution in [0.2, 0.25) is 0 Å². The molecule has 2 heterocycles. The molecule has 2 fully saturated rings. The monoisotopic (exact) mass is 505 g/mol. The summed E-state index contributed by atoms with van der Waals surface area (Å²) in [7, 11) is 0. The first-order valence-corrected chi connectivity index (χ1v) is 13.6. The SMILES string of the molecule is CC(C)(C)c1ccc(C(=O)N2CCN([C@@H](C(=O)NCc3ccc4c(c3)OCO4)C3CCCC3)CC2)cc1. The Kier molecular flexibility index (Phi) is 7.43. The molecule has 1 N–H and O–H groups in total. The Morgan fingerprint density at radius 2 is 1.62 bits per heavy atom. The van der Waals surface area contributed by atoms with Crippen molar-refractivity contribution >= 4 is 11.8 Å². The second-order valence-corrected chi connectivity index (χ2v) is 11.6. The lowest BCUT2D eigenvalue weighted by molar-refractivity contribution is -0.129. The van der Waals surface area contributed by atoms with Gasteiger partial charge in [0.15, 0.2) is 11.5 Å². The number of carbonyl (C=O) groups excluding carboxylic acids is 2. The molecule has 0 aromatic heterocycles. The van der Waals surface area contributed by atoms with Crippen LogP contribution in [0.3, 0.4) is 0 Å². The van der Waals surface area contributed by atoms with Gasteiger partial charge in [-0.1, -0.05) is 51.8 Å². The zero-order valence-corrected chi connectivity index (χ0v) is 22.3. The van der Waals surface area contributed by atoms with Crippen LogP contribution in [0.5, 0.6) is 11.5 Å². The molecular weight excluding hydrogens is 466 g/mol. The van der Waals surface area contributed by atoms with Crippen LogP contribution in [0.25, 0.3) is 0 Å². The second kappa shape index (κ2) is 10.7. The van der Waals surface area contributed by atoms with Crippen LogP contribution >= 0.6 is 0 Å². The highest BCUT2D eigenvalue weighted by Crippen LogP contribution is 2.33. The van der Waals surface area contributed by atoms with Gasteiger partial charge in [0.2, 0.25) is 12.7 Å². The summed E-state index contributed by atoms with van der Waals surface area (Å²) in [6.45, 7) is 9.93. The fourth-order valence-electron chi connectivity index (χ4n) is 5.79. The number of carbonyl (C=O) groups is 2. The summed E-state index contributed by atoms with van der Waals surface area (Å²) in [5.41, 5.74) is 3.01. The van der Waals surface area contributed by atoms with E-state index in [1.165, 1.54) is 18.4 Å². The predicted octanol–water partition coefficient (Wildman–Crippen LogP) is 4.35. The molecule has 1 atom stereocenters. The number of amides is 2. The van der Waals surface area contributed by atoms with E-state index < -0.39 is 0 Å². The lowest BCUT2D eigenvalue weighted by Gasteiger charge is -2.40. The number of benzene rings is 2. The van der Waals surface area contributed by atoms with Gasteiger partial charge in [0.25, 0.3) is 5.91 Å². The first kappa shape index (κ1) is 25.6. The van der Waals surface area contributed by atoms with Gasteiger partial charge in [-0.2, -0.15) is 0 Å². The number of ether oxygens (including phenoxy) is 2. The minimum absolute atomic E-state index is 0.0613. The molecule has 7 heteroatoms. The van der Waals surface area contributed by atoms with Crippen molar-refractivity contribution in [3.63, 3.8) is 0 Å². The van der Waals surface area contributed by atoms with Crippen molar-refractivity contribution in [2.75, 3.05) is 33.0 Å². The molecule has 37 heavy (non-hydrogen) atoms. The molecule has 0 radical (unpaired) electrons. The van der Waals surface area contributed by atoms with E-state index in [9.17, 15) is 9.59 Å². The molecule has 2 aromatic rings. The highest BCUT2D eigenvalue weighted by molar-refractivity contribution is 5.94. The molecule has 1 saturated carbocycles. The largest absolute Gasteiger partial charge is 0.454 e. The van der Waals surface area contributed by atoms with Gasteiger partial charge >= 0.3 is 0 Å². The Hall–Kier alpha value is -3.06. The first-order valence-electron chi connectivity index (χ1n) is 13.6. The number of hydrogen-bond acceptors (Lipinski definition) is 5. The summed E-state index contributed by atoms with van der Waals surface area (Å²) in [5.74, 6) is 2.00. The summed E-state index contributed by atoms with van der Waals surface area (Å²) >= 11 is 0. The average Bonchev–Trinajstić information content (AvgIpc) is 3.59. The van der Waals surface area contributed by atoms with Crippen molar-refractivity contribution in [2.45, 2.75) is 64.5 Å². The molecule has 0 bridgehead atoms. The number of nitrogens with one attached hydrogen (secondary N) is 1. The van der Waals surface area contributed by atoms with Crippen molar-refractivity contribution in [3.8, 4) is 11.5 Å². The van der Waals surface area contributed by atoms with Crippen LogP contribution in [0.1, 0.15) is 67.9 Å². The van der Waals surface area contributed by atoms with E-state index in [0.29, 0.717) is 38.6 Å². The summed E-state index contributed by atoms with van der Waals surface area (Å²) in [6, 6.07) is 13.7. The summed E-state index contributed by atoms with van der Waals surface area (Å²) < 4.78 is 10.9. The summed E-state index contributed by atoms with van der Waals surface area (Å²) in [6.07, 6.45) is 4.53. The number of piperazine rings is 1. The fraction of sp³-hybridized carbons (Fsp3) is 0.533. The van der Waals surface area contributed by atoms with E-state index in [4.69, 9.17) is 9.47 Å². The van der Waals surface area contributed by atoms with Gasteiger partial charge in [0.1, 0.15) is 0 Å². The molecule has 0 spiro atoms. The minimum atomic E-state index is -0.153. The normalized spacial score (nSPS) is 19.2. The van der Waals surface area contributed by atoms with Gasteiger partial charge in [-0.05, 0) is 59.6 Å². The van der Waals surface area contributed by atoms with Crippen molar-refractivity contribution in [3.05, 3.63) is 59.2 Å². The van der Waals surface area contributed by atoms with Crippen LogP contribution < -0.4 is 14.8 Å². The third kappa shape index (κ3) is 5.77. The lowest BCUT2D eigenvalue weighted by Crippen LogP contribution is -2.57. The van der Waals surface area contributed by atoms with E-state index in [1.54, 1.807) is 0 Å². The number of rotatable bonds is 6. The summed E-state index contributed by atoms with van der Waals surface area (Å²) in [5, 5.41) is 3.18. The Balaban J connectivity index is 1.20. The first-order chi connectivity index (χ1) is 17.8. The zero-order valence-electron chi connectivity index (χ0n) is 22.3. The predicted molar refractivity (Wildman–Crippen MR) is 143 cm³/mol. The van der Waals surface area contributed by atoms with Gasteiger partial charge in [0, 0.05) is 38.3 Å². The maximum absolute atomic E-state index is 13.5. The number of fused-ring (bicyclic) bond motifs is 1. The molecule has 7 nitrogen and oxygen atoms in total. The zero-order chi connectivity index (χ0) is 26.0. The molecule has 1 aliphatic carbocycles. The van der Waals surface area contributed by atoms with E-state index in [1.807, 2.05) is 35.2 Å². The van der Waals surface area contributed by atoms with Crippen LogP contribution in [0.15, 0.2) is 42.5 Å². The maximum atomic E-state index is 13.5. The molecule has 1 saturated heterocycles. The smallest absolute Gasteiger partial charge is 0.253 e. The van der Waals surface area contributed by atoms with Crippen LogP contribution in [0.4, 0.5) is 0 Å². The fourth-order valence-corrected chi connectivity index (χ4v) is 5.79. The quantitative estimate of drug-likeness (QED) is 0.632. The van der Waals surface area contributed by atoms with E-state index in [-0.39, 0.29) is 30.1 Å². The molecule has 2 amide bonds. The second-order valence-electron chi connectivity index (χ2n) is 11.6. The number of nitrogens with zero attached hydrogens (tertiary/aromatic N) is 2. The maximum Gasteiger partial charge on any atom is 0.253 e. The van der Waals surface area contributed by atoms with Crippen molar-refractivity contribution < 1.29 is 19.1 Å². The van der Waals surface area contributed by atoms with E-state index in [0.717, 1.165) is 35.5 Å². The van der Waals surface area contributed by atoms with Gasteiger partial charge in [-0.25, -0.2) is 0 Å². The van der Waals surface area contributed by atoms with E-state index in [2.05, 4.69) is 43.1 Å². The Labute approximate surface area is 220 Å². The molecule has 3 aliphatic rings. The third-order valence-electron chi connectivity index (χ3n) is 8.01. The molecule has 2 aliphatic heterocycles. The average molecular weight is 506 g/mol. The molecule has 0 unspecified atom stereocenters. The van der Waals surface area contributed by atoms with Gasteiger partial charge in [-0.15, -0.1) is 0 Å². The minimum Gasteiger partial charge on any atom is -0.454 e. The highest BCUT2D eigenvalue weighted by Gasteiger charge is 2.37. The third-order valence-corrected chi connectivity index (χ3v) is 8.01. The summed E-state index contributed by atoms with van der Waals surface area (Å²) in [4.78, 5) is 30.9. The van der Waals surface area contributed by atoms with Crippen LogP contribution in [0, 0.1) is 5.92 Å². The van der Waals surface area contributed by atoms with Crippen LogP contribution in [-0.4, -0.2) is 60.6 Å². The van der Waals surface area contributed by atoms with Crippen molar-refractivity contribution in [1.29, 1.82) is 0 Å². The standard InChI is InChI=1S/C30H39N3O4/c1-30(2,3)24-11-9-23(10-12-24)29(35)33-16-14-32(15-17-33)27(22-6-4-5-7-22)28(34)31-19-21-8-13-25-26(18-21)37-20-36-25/h8-13,18,22,27H,4-7,14-17,19-20H2,1-3H3,(H,31,34)/t27-/m1/s1. The Bertz CT molecular complexity index is 1110. The van der Waals surface area contributed by atoms with Gasteiger partial charge in [0.05, 0.1) is 6.04 Å². The molecular formula is C30H39N3O4. The molecule has 198 valence electrons. The Morgan fingerprint density at radius 1 is 0.946 bits per heavy atom.